The van der Waals surface area contributed by atoms with E-state index in [0.717, 1.165) is 20.9 Å². The summed E-state index contributed by atoms with van der Waals surface area (Å²) in [5.74, 6) is 1.30. The van der Waals surface area contributed by atoms with Gasteiger partial charge in [0.1, 0.15) is 11.6 Å². The maximum absolute atomic E-state index is 13.1. The monoisotopic (exact) mass is 481 g/mol. The first-order valence-electron chi connectivity index (χ1n) is 9.64. The maximum atomic E-state index is 13.1. The van der Waals surface area contributed by atoms with Crippen LogP contribution in [0.1, 0.15) is 37.8 Å². The fraction of sp³-hybridized carbons (Fsp3) is 0.174. The summed E-state index contributed by atoms with van der Waals surface area (Å²) in [6, 6.07) is 19.3. The Morgan fingerprint density at radius 3 is 2.77 bits per heavy atom. The number of fused-ring (bicyclic) bond motifs is 1. The van der Waals surface area contributed by atoms with Crippen LogP contribution in [0.15, 0.2) is 89.4 Å². The molecule has 7 heteroatoms. The van der Waals surface area contributed by atoms with Crippen LogP contribution in [-0.4, -0.2) is 15.9 Å². The van der Waals surface area contributed by atoms with E-state index in [1.54, 1.807) is 12.3 Å². The summed E-state index contributed by atoms with van der Waals surface area (Å²) in [6.45, 7) is 4.11. The highest BCUT2D eigenvalue weighted by atomic mass is 79.9. The first-order valence-corrected chi connectivity index (χ1v) is 11.3. The second kappa shape index (κ2) is 9.02. The first-order chi connectivity index (χ1) is 14.5. The van der Waals surface area contributed by atoms with Crippen LogP contribution in [0, 0.1) is 0 Å². The summed E-state index contributed by atoms with van der Waals surface area (Å²) in [5.41, 5.74) is 0.475. The predicted molar refractivity (Wildman–Crippen MR) is 125 cm³/mol. The first kappa shape index (κ1) is 20.6. The van der Waals surface area contributed by atoms with Crippen molar-refractivity contribution in [3.63, 3.8) is 0 Å². The maximum Gasteiger partial charge on any atom is 0.282 e. The van der Waals surface area contributed by atoms with Crippen LogP contribution in [0.25, 0.3) is 10.9 Å². The average molecular weight is 482 g/mol. The number of hydrogen-bond acceptors (Lipinski definition) is 5. The van der Waals surface area contributed by atoms with Crippen molar-refractivity contribution in [3.8, 4) is 0 Å². The van der Waals surface area contributed by atoms with Gasteiger partial charge in [-0.1, -0.05) is 59.7 Å². The average Bonchev–Trinajstić information content (AvgIpc) is 3.20. The van der Waals surface area contributed by atoms with Crippen molar-refractivity contribution < 1.29 is 4.42 Å². The smallest absolute Gasteiger partial charge is 0.282 e. The molecule has 152 valence electrons. The topological polar surface area (TPSA) is 60.4 Å². The van der Waals surface area contributed by atoms with Gasteiger partial charge in [-0.25, -0.2) is 4.98 Å². The molecule has 1 atom stereocenters. The van der Waals surface area contributed by atoms with Gasteiger partial charge in [0.25, 0.3) is 5.56 Å². The molecule has 0 saturated heterocycles. The minimum absolute atomic E-state index is 0.0868. The van der Waals surface area contributed by atoms with Crippen molar-refractivity contribution in [3.05, 3.63) is 87.1 Å². The van der Waals surface area contributed by atoms with E-state index in [1.165, 1.54) is 16.4 Å². The van der Waals surface area contributed by atoms with Gasteiger partial charge in [-0.15, -0.1) is 0 Å². The highest BCUT2D eigenvalue weighted by molar-refractivity contribution is 9.10. The Morgan fingerprint density at radius 2 is 2.00 bits per heavy atom. The number of halogens is 1. The van der Waals surface area contributed by atoms with E-state index in [4.69, 9.17) is 9.40 Å². The Hall–Kier alpha value is -2.64. The molecule has 0 aliphatic carbocycles. The SMILES string of the molecule is CC[C@@H](C)c1nc2ccc(Br)cc2c(=O)n1N=Cc1ccc(Sc2ccccc2)o1. The van der Waals surface area contributed by atoms with E-state index in [0.29, 0.717) is 22.5 Å². The highest BCUT2D eigenvalue weighted by Gasteiger charge is 2.15. The minimum Gasteiger partial charge on any atom is -0.448 e. The number of furan rings is 1. The molecule has 0 spiro atoms. The summed E-state index contributed by atoms with van der Waals surface area (Å²) in [7, 11) is 0. The largest absolute Gasteiger partial charge is 0.448 e. The van der Waals surface area contributed by atoms with Gasteiger partial charge in [0.05, 0.1) is 17.1 Å². The zero-order chi connectivity index (χ0) is 21.1. The van der Waals surface area contributed by atoms with Gasteiger partial charge in [-0.05, 0) is 48.9 Å². The van der Waals surface area contributed by atoms with E-state index < -0.39 is 0 Å². The Morgan fingerprint density at radius 1 is 1.20 bits per heavy atom. The molecular formula is C23H20BrN3O2S. The molecule has 0 fully saturated rings. The third-order valence-electron chi connectivity index (χ3n) is 4.75. The van der Waals surface area contributed by atoms with Crippen molar-refractivity contribution >= 4 is 44.8 Å². The lowest BCUT2D eigenvalue weighted by Gasteiger charge is -2.13. The van der Waals surface area contributed by atoms with E-state index in [-0.39, 0.29) is 11.5 Å². The lowest BCUT2D eigenvalue weighted by molar-refractivity contribution is 0.468. The third kappa shape index (κ3) is 4.42. The van der Waals surface area contributed by atoms with Crippen LogP contribution in [0.2, 0.25) is 0 Å². The van der Waals surface area contributed by atoms with E-state index in [2.05, 4.69) is 28.0 Å². The summed E-state index contributed by atoms with van der Waals surface area (Å²) >= 11 is 4.96. The molecule has 5 nitrogen and oxygen atoms in total. The normalized spacial score (nSPS) is 12.6. The van der Waals surface area contributed by atoms with Crippen molar-refractivity contribution in [1.82, 2.24) is 9.66 Å². The molecule has 2 heterocycles. The zero-order valence-corrected chi connectivity index (χ0v) is 19.0. The molecule has 0 unspecified atom stereocenters. The van der Waals surface area contributed by atoms with Gasteiger partial charge in [-0.3, -0.25) is 4.79 Å². The van der Waals surface area contributed by atoms with E-state index in [1.807, 2.05) is 61.5 Å². The molecule has 0 aliphatic heterocycles. The lowest BCUT2D eigenvalue weighted by Crippen LogP contribution is -2.23. The molecule has 4 aromatic rings. The number of aromatic nitrogens is 2. The van der Waals surface area contributed by atoms with Gasteiger partial charge in [-0.2, -0.15) is 9.78 Å². The van der Waals surface area contributed by atoms with E-state index >= 15 is 0 Å². The summed E-state index contributed by atoms with van der Waals surface area (Å²) in [6.07, 6.45) is 2.41. The number of benzene rings is 2. The molecule has 2 aromatic carbocycles. The molecule has 30 heavy (non-hydrogen) atoms. The van der Waals surface area contributed by atoms with Gasteiger partial charge in [0.2, 0.25) is 0 Å². The molecule has 0 amide bonds. The fourth-order valence-corrected chi connectivity index (χ4v) is 4.12. The second-order valence-corrected chi connectivity index (χ2v) is 8.87. The Balaban J connectivity index is 1.70. The van der Waals surface area contributed by atoms with Gasteiger partial charge in [0, 0.05) is 15.3 Å². The quantitative estimate of drug-likeness (QED) is 0.303. The van der Waals surface area contributed by atoms with Crippen LogP contribution in [0.3, 0.4) is 0 Å². The minimum atomic E-state index is -0.196. The van der Waals surface area contributed by atoms with E-state index in [9.17, 15) is 4.79 Å². The van der Waals surface area contributed by atoms with Crippen LogP contribution in [0.4, 0.5) is 0 Å². The molecule has 0 N–H and O–H groups in total. The second-order valence-electron chi connectivity index (χ2n) is 6.87. The molecule has 0 radical (unpaired) electrons. The van der Waals surface area contributed by atoms with Crippen molar-refractivity contribution in [2.24, 2.45) is 5.10 Å². The van der Waals surface area contributed by atoms with Gasteiger partial charge < -0.3 is 4.42 Å². The highest BCUT2D eigenvalue weighted by Crippen LogP contribution is 2.28. The summed E-state index contributed by atoms with van der Waals surface area (Å²) < 4.78 is 8.07. The van der Waals surface area contributed by atoms with Crippen LogP contribution in [-0.2, 0) is 0 Å². The Kier molecular flexibility index (Phi) is 6.20. The molecular weight excluding hydrogens is 462 g/mol. The molecule has 0 bridgehead atoms. The standard InChI is InChI=1S/C23H20BrN3O2S/c1-3-15(2)22-26-20-11-9-16(24)13-19(20)23(28)27(22)25-14-17-10-12-21(29-17)30-18-7-5-4-6-8-18/h4-15H,3H2,1-2H3/t15-/m1/s1. The molecule has 0 aliphatic rings. The number of nitrogens with zero attached hydrogens (tertiary/aromatic N) is 3. The van der Waals surface area contributed by atoms with Crippen LogP contribution in [0.5, 0.6) is 0 Å². The molecule has 4 rings (SSSR count). The fourth-order valence-electron chi connectivity index (χ4n) is 2.96. The number of rotatable bonds is 6. The van der Waals surface area contributed by atoms with Crippen LogP contribution >= 0.6 is 27.7 Å². The Bertz CT molecular complexity index is 1260. The predicted octanol–water partition coefficient (Wildman–Crippen LogP) is 6.30. The molecule has 2 aromatic heterocycles. The zero-order valence-electron chi connectivity index (χ0n) is 16.6. The van der Waals surface area contributed by atoms with Crippen molar-refractivity contribution in [1.29, 1.82) is 0 Å². The Labute approximate surface area is 187 Å². The third-order valence-corrected chi connectivity index (χ3v) is 6.17. The summed E-state index contributed by atoms with van der Waals surface area (Å²) in [5, 5.41) is 5.73. The van der Waals surface area contributed by atoms with Gasteiger partial charge in [0.15, 0.2) is 5.09 Å². The molecule has 0 saturated carbocycles. The van der Waals surface area contributed by atoms with Crippen molar-refractivity contribution in [2.45, 2.75) is 36.2 Å². The summed E-state index contributed by atoms with van der Waals surface area (Å²) in [4.78, 5) is 19.0. The van der Waals surface area contributed by atoms with Gasteiger partial charge >= 0.3 is 0 Å². The van der Waals surface area contributed by atoms with Crippen LogP contribution < -0.4 is 5.56 Å². The van der Waals surface area contributed by atoms with Crippen molar-refractivity contribution in [2.75, 3.05) is 0 Å². The number of hydrogen-bond donors (Lipinski definition) is 0. The lowest BCUT2D eigenvalue weighted by atomic mass is 10.1.